The van der Waals surface area contributed by atoms with Gasteiger partial charge in [0, 0.05) is 29.4 Å². The molecule has 6 heteroatoms. The van der Waals surface area contributed by atoms with Gasteiger partial charge in [-0.3, -0.25) is 4.98 Å². The predicted molar refractivity (Wildman–Crippen MR) is 100 cm³/mol. The second-order valence-electron chi connectivity index (χ2n) is 6.75. The van der Waals surface area contributed by atoms with E-state index in [1.807, 2.05) is 36.4 Å². The summed E-state index contributed by atoms with van der Waals surface area (Å²) in [5.74, 6) is 0.428. The summed E-state index contributed by atoms with van der Waals surface area (Å²) in [5, 5.41) is 11.8. The Morgan fingerprint density at radius 3 is 2.62 bits per heavy atom. The van der Waals surface area contributed by atoms with Crippen LogP contribution >= 0.6 is 0 Å². The highest BCUT2D eigenvalue weighted by molar-refractivity contribution is 5.64. The number of nitrogens with two attached hydrogens (primary N) is 1. The van der Waals surface area contributed by atoms with Gasteiger partial charge in [0.25, 0.3) is 0 Å². The predicted octanol–water partition coefficient (Wildman–Crippen LogP) is 3.79. The summed E-state index contributed by atoms with van der Waals surface area (Å²) in [5.41, 5.74) is 8.47. The Labute approximate surface area is 151 Å². The molecule has 132 valence electrons. The van der Waals surface area contributed by atoms with Crippen LogP contribution in [-0.4, -0.2) is 21.7 Å². The Bertz CT molecular complexity index is 906. The van der Waals surface area contributed by atoms with Crippen LogP contribution in [0.3, 0.4) is 0 Å². The maximum atomic E-state index is 14.2. The first-order valence-corrected chi connectivity index (χ1v) is 8.71. The molecule has 3 N–H and O–H groups in total. The summed E-state index contributed by atoms with van der Waals surface area (Å²) in [6.45, 7) is 0.591. The number of benzene rings is 1. The lowest BCUT2D eigenvalue weighted by Gasteiger charge is -2.41. The molecule has 0 saturated heterocycles. The Kier molecular flexibility index (Phi) is 4.24. The van der Waals surface area contributed by atoms with Crippen molar-refractivity contribution < 1.29 is 4.39 Å². The van der Waals surface area contributed by atoms with Gasteiger partial charge >= 0.3 is 0 Å². The number of rotatable bonds is 5. The third-order valence-electron chi connectivity index (χ3n) is 5.03. The van der Waals surface area contributed by atoms with Gasteiger partial charge in [0.1, 0.15) is 11.6 Å². The molecule has 2 heterocycles. The summed E-state index contributed by atoms with van der Waals surface area (Å²) in [4.78, 5) is 4.28. The summed E-state index contributed by atoms with van der Waals surface area (Å²) in [7, 11) is 0. The van der Waals surface area contributed by atoms with Crippen molar-refractivity contribution in [1.29, 1.82) is 0 Å². The minimum absolute atomic E-state index is 0.239. The molecule has 0 amide bonds. The number of nitrogens with one attached hydrogen (secondary N) is 1. The van der Waals surface area contributed by atoms with Gasteiger partial charge in [-0.15, -0.1) is 10.2 Å². The van der Waals surface area contributed by atoms with Crippen molar-refractivity contribution in [2.75, 3.05) is 17.6 Å². The van der Waals surface area contributed by atoms with E-state index in [1.165, 1.54) is 6.07 Å². The van der Waals surface area contributed by atoms with Gasteiger partial charge in [-0.05, 0) is 49.2 Å². The molecule has 1 saturated carbocycles. The number of pyridine rings is 1. The van der Waals surface area contributed by atoms with Crippen molar-refractivity contribution in [1.82, 2.24) is 15.2 Å². The number of nitrogens with zero attached hydrogens (tertiary/aromatic N) is 3. The molecule has 3 aromatic rings. The standard InChI is InChI=1S/C20H20FN5/c21-16-6-2-11-23-19(16)20(9-3-10-20)13-24-18-8-7-17(25-26-18)14-4-1-5-15(22)12-14/h1-2,4-8,11-12H,3,9-10,13,22H2,(H,24,26). The molecule has 0 bridgehead atoms. The van der Waals surface area contributed by atoms with Gasteiger partial charge in [-0.1, -0.05) is 18.6 Å². The zero-order valence-electron chi connectivity index (χ0n) is 14.3. The first-order valence-electron chi connectivity index (χ1n) is 8.71. The number of aromatic nitrogens is 3. The molecule has 2 aromatic heterocycles. The Morgan fingerprint density at radius 2 is 1.96 bits per heavy atom. The SMILES string of the molecule is Nc1cccc(-c2ccc(NCC3(c4ncccc4F)CCC3)nn2)c1. The Hall–Kier alpha value is -3.02. The largest absolute Gasteiger partial charge is 0.399 e. The lowest BCUT2D eigenvalue weighted by molar-refractivity contribution is 0.243. The molecular formula is C20H20FN5. The highest BCUT2D eigenvalue weighted by atomic mass is 19.1. The molecule has 0 aliphatic heterocycles. The fourth-order valence-electron chi connectivity index (χ4n) is 3.42. The number of hydrogen-bond acceptors (Lipinski definition) is 5. The van der Waals surface area contributed by atoms with Crippen molar-refractivity contribution in [3.8, 4) is 11.3 Å². The second kappa shape index (κ2) is 6.71. The molecule has 1 aliphatic carbocycles. The molecule has 4 rings (SSSR count). The van der Waals surface area contributed by atoms with E-state index < -0.39 is 0 Å². The molecule has 1 aliphatic rings. The summed E-state index contributed by atoms with van der Waals surface area (Å²) in [6.07, 6.45) is 4.57. The van der Waals surface area contributed by atoms with Crippen LogP contribution in [-0.2, 0) is 5.41 Å². The number of hydrogen-bond donors (Lipinski definition) is 2. The third-order valence-corrected chi connectivity index (χ3v) is 5.03. The zero-order chi connectivity index (χ0) is 18.0. The maximum Gasteiger partial charge on any atom is 0.148 e. The monoisotopic (exact) mass is 349 g/mol. The highest BCUT2D eigenvalue weighted by Crippen LogP contribution is 2.43. The highest BCUT2D eigenvalue weighted by Gasteiger charge is 2.41. The molecular weight excluding hydrogens is 329 g/mol. The van der Waals surface area contributed by atoms with Gasteiger partial charge in [0.05, 0.1) is 11.4 Å². The van der Waals surface area contributed by atoms with Crippen LogP contribution in [0.2, 0.25) is 0 Å². The first-order chi connectivity index (χ1) is 12.7. The van der Waals surface area contributed by atoms with E-state index in [0.29, 0.717) is 23.7 Å². The lowest BCUT2D eigenvalue weighted by atomic mass is 9.66. The maximum absolute atomic E-state index is 14.2. The molecule has 26 heavy (non-hydrogen) atoms. The van der Waals surface area contributed by atoms with Crippen LogP contribution in [0.5, 0.6) is 0 Å². The zero-order valence-corrected chi connectivity index (χ0v) is 14.3. The first kappa shape index (κ1) is 16.4. The van der Waals surface area contributed by atoms with E-state index in [-0.39, 0.29) is 11.2 Å². The molecule has 5 nitrogen and oxygen atoms in total. The summed E-state index contributed by atoms with van der Waals surface area (Å²) < 4.78 is 14.2. The van der Waals surface area contributed by atoms with E-state index in [1.54, 1.807) is 12.3 Å². The van der Waals surface area contributed by atoms with Crippen LogP contribution in [0.25, 0.3) is 11.3 Å². The van der Waals surface area contributed by atoms with Gasteiger partial charge < -0.3 is 11.1 Å². The van der Waals surface area contributed by atoms with E-state index >= 15 is 0 Å². The van der Waals surface area contributed by atoms with Crippen LogP contribution in [0.4, 0.5) is 15.9 Å². The molecule has 0 spiro atoms. The smallest absolute Gasteiger partial charge is 0.148 e. The summed E-state index contributed by atoms with van der Waals surface area (Å²) in [6, 6.07) is 14.4. The van der Waals surface area contributed by atoms with Gasteiger partial charge in [-0.25, -0.2) is 4.39 Å². The number of halogens is 1. The second-order valence-corrected chi connectivity index (χ2v) is 6.75. The van der Waals surface area contributed by atoms with E-state index in [9.17, 15) is 4.39 Å². The van der Waals surface area contributed by atoms with Crippen molar-refractivity contribution in [2.24, 2.45) is 0 Å². The Morgan fingerprint density at radius 1 is 1.08 bits per heavy atom. The van der Waals surface area contributed by atoms with Crippen molar-refractivity contribution in [3.63, 3.8) is 0 Å². The quantitative estimate of drug-likeness (QED) is 0.685. The van der Waals surface area contributed by atoms with E-state index in [4.69, 9.17) is 5.73 Å². The minimum Gasteiger partial charge on any atom is -0.399 e. The normalized spacial score (nSPS) is 15.3. The van der Waals surface area contributed by atoms with Crippen LogP contribution in [0.1, 0.15) is 25.0 Å². The van der Waals surface area contributed by atoms with Crippen LogP contribution in [0.15, 0.2) is 54.7 Å². The molecule has 1 fully saturated rings. The van der Waals surface area contributed by atoms with Crippen LogP contribution < -0.4 is 11.1 Å². The van der Waals surface area contributed by atoms with Gasteiger partial charge in [0.15, 0.2) is 0 Å². The van der Waals surface area contributed by atoms with Gasteiger partial charge in [0.2, 0.25) is 0 Å². The Balaban J connectivity index is 1.49. The fraction of sp³-hybridized carbons (Fsp3) is 0.250. The van der Waals surface area contributed by atoms with E-state index in [2.05, 4.69) is 20.5 Å². The minimum atomic E-state index is -0.264. The number of anilines is 2. The number of nitrogen functional groups attached to an aromatic ring is 1. The molecule has 0 atom stereocenters. The van der Waals surface area contributed by atoms with Crippen molar-refractivity contribution >= 4 is 11.5 Å². The average molecular weight is 349 g/mol. The van der Waals surface area contributed by atoms with Gasteiger partial charge in [-0.2, -0.15) is 0 Å². The molecule has 1 aromatic carbocycles. The van der Waals surface area contributed by atoms with Crippen LogP contribution in [0, 0.1) is 5.82 Å². The van der Waals surface area contributed by atoms with E-state index in [0.717, 1.165) is 30.5 Å². The molecule has 0 radical (unpaired) electrons. The summed E-state index contributed by atoms with van der Waals surface area (Å²) >= 11 is 0. The average Bonchev–Trinajstić information content (AvgIpc) is 2.63. The van der Waals surface area contributed by atoms with Crippen molar-refractivity contribution in [3.05, 3.63) is 66.2 Å². The lowest BCUT2D eigenvalue weighted by Crippen LogP contribution is -2.42. The third kappa shape index (κ3) is 3.10. The molecule has 0 unspecified atom stereocenters. The van der Waals surface area contributed by atoms with Crippen molar-refractivity contribution in [2.45, 2.75) is 24.7 Å². The fourth-order valence-corrected chi connectivity index (χ4v) is 3.42. The topological polar surface area (TPSA) is 76.7 Å².